The molecule has 0 spiro atoms. The Bertz CT molecular complexity index is 867. The van der Waals surface area contributed by atoms with E-state index in [2.05, 4.69) is 5.10 Å². The molecule has 0 aliphatic carbocycles. The smallest absolute Gasteiger partial charge is 0.437 e. The SMILES string of the molecule is Cc1ccc(OC[C@H](O)Cn2nc(-c3cccs3)oc2=O)c(C)c1. The maximum atomic E-state index is 11.8. The molecule has 0 aliphatic rings. The molecule has 0 aliphatic heterocycles. The third-order valence-electron chi connectivity index (χ3n) is 3.48. The molecule has 0 radical (unpaired) electrons. The van der Waals surface area contributed by atoms with Gasteiger partial charge in [-0.3, -0.25) is 0 Å². The molecule has 2 heterocycles. The van der Waals surface area contributed by atoms with Crippen LogP contribution in [0.3, 0.4) is 0 Å². The number of aromatic nitrogens is 2. The summed E-state index contributed by atoms with van der Waals surface area (Å²) in [6.07, 6.45) is -0.871. The summed E-state index contributed by atoms with van der Waals surface area (Å²) in [6.45, 7) is 4.04. The molecule has 126 valence electrons. The van der Waals surface area contributed by atoms with Gasteiger partial charge in [-0.05, 0) is 36.9 Å². The van der Waals surface area contributed by atoms with Gasteiger partial charge >= 0.3 is 5.76 Å². The van der Waals surface area contributed by atoms with E-state index >= 15 is 0 Å². The lowest BCUT2D eigenvalue weighted by Crippen LogP contribution is -2.29. The van der Waals surface area contributed by atoms with E-state index in [1.807, 2.05) is 49.6 Å². The van der Waals surface area contributed by atoms with E-state index in [1.54, 1.807) is 0 Å². The molecule has 6 nitrogen and oxygen atoms in total. The van der Waals surface area contributed by atoms with Crippen molar-refractivity contribution in [2.45, 2.75) is 26.5 Å². The predicted octanol–water partition coefficient (Wildman–Crippen LogP) is 2.62. The van der Waals surface area contributed by atoms with Crippen molar-refractivity contribution in [1.29, 1.82) is 0 Å². The molecular formula is C17H18N2O4S. The summed E-state index contributed by atoms with van der Waals surface area (Å²) >= 11 is 1.43. The first-order valence-electron chi connectivity index (χ1n) is 7.53. The zero-order valence-electron chi connectivity index (χ0n) is 13.4. The highest BCUT2D eigenvalue weighted by atomic mass is 32.1. The van der Waals surface area contributed by atoms with E-state index in [9.17, 15) is 9.90 Å². The summed E-state index contributed by atoms with van der Waals surface area (Å²) in [6, 6.07) is 9.50. The molecule has 0 bridgehead atoms. The quantitative estimate of drug-likeness (QED) is 0.742. The summed E-state index contributed by atoms with van der Waals surface area (Å²) < 4.78 is 11.8. The second-order valence-corrected chi connectivity index (χ2v) is 6.51. The number of benzene rings is 1. The minimum Gasteiger partial charge on any atom is -0.491 e. The van der Waals surface area contributed by atoms with Crippen molar-refractivity contribution < 1.29 is 14.3 Å². The first-order chi connectivity index (χ1) is 11.5. The standard InChI is InChI=1S/C17H18N2O4S/c1-11-5-6-14(12(2)8-11)22-10-13(20)9-19-17(21)23-16(18-19)15-4-3-7-24-15/h3-8,13,20H,9-10H2,1-2H3/t13-/m1/s1. The lowest BCUT2D eigenvalue weighted by molar-refractivity contribution is 0.0872. The second kappa shape index (κ2) is 7.02. The van der Waals surface area contributed by atoms with Crippen LogP contribution in [0.4, 0.5) is 0 Å². The predicted molar refractivity (Wildman–Crippen MR) is 91.5 cm³/mol. The van der Waals surface area contributed by atoms with Crippen LogP contribution in [0.5, 0.6) is 5.75 Å². The highest BCUT2D eigenvalue weighted by Crippen LogP contribution is 2.21. The number of nitrogens with zero attached hydrogens (tertiary/aromatic N) is 2. The van der Waals surface area contributed by atoms with Crippen molar-refractivity contribution in [1.82, 2.24) is 9.78 Å². The monoisotopic (exact) mass is 346 g/mol. The zero-order valence-corrected chi connectivity index (χ0v) is 14.2. The molecule has 0 saturated carbocycles. The number of hydrogen-bond donors (Lipinski definition) is 1. The van der Waals surface area contributed by atoms with Gasteiger partial charge in [-0.25, -0.2) is 4.79 Å². The first-order valence-corrected chi connectivity index (χ1v) is 8.41. The minimum atomic E-state index is -0.871. The molecule has 0 saturated heterocycles. The average molecular weight is 346 g/mol. The van der Waals surface area contributed by atoms with Crippen molar-refractivity contribution in [3.63, 3.8) is 0 Å². The summed E-state index contributed by atoms with van der Waals surface area (Å²) in [5.41, 5.74) is 2.15. The fourth-order valence-corrected chi connectivity index (χ4v) is 2.97. The number of aryl methyl sites for hydroxylation is 2. The van der Waals surface area contributed by atoms with Gasteiger partial charge in [0.25, 0.3) is 5.89 Å². The highest BCUT2D eigenvalue weighted by Gasteiger charge is 2.15. The van der Waals surface area contributed by atoms with Crippen LogP contribution < -0.4 is 10.5 Å². The summed E-state index contributed by atoms with van der Waals surface area (Å²) in [5.74, 6) is 0.382. The van der Waals surface area contributed by atoms with Crippen LogP contribution >= 0.6 is 11.3 Å². The first kappa shape index (κ1) is 16.5. The molecule has 7 heteroatoms. The number of ether oxygens (including phenoxy) is 1. The van der Waals surface area contributed by atoms with Crippen LogP contribution in [-0.2, 0) is 6.54 Å². The van der Waals surface area contributed by atoms with Crippen LogP contribution in [0.1, 0.15) is 11.1 Å². The molecule has 24 heavy (non-hydrogen) atoms. The van der Waals surface area contributed by atoms with Crippen LogP contribution in [-0.4, -0.2) is 27.6 Å². The van der Waals surface area contributed by atoms with Gasteiger partial charge in [0, 0.05) is 0 Å². The van der Waals surface area contributed by atoms with Crippen molar-refractivity contribution in [2.24, 2.45) is 0 Å². The number of aliphatic hydroxyl groups is 1. The van der Waals surface area contributed by atoms with Crippen molar-refractivity contribution >= 4 is 11.3 Å². The van der Waals surface area contributed by atoms with E-state index in [0.29, 0.717) is 5.75 Å². The molecule has 3 rings (SSSR count). The number of aliphatic hydroxyl groups excluding tert-OH is 1. The van der Waals surface area contributed by atoms with Gasteiger partial charge in [-0.2, -0.15) is 4.68 Å². The van der Waals surface area contributed by atoms with Gasteiger partial charge in [-0.1, -0.05) is 23.8 Å². The molecule has 1 aromatic carbocycles. The Morgan fingerprint density at radius 1 is 1.38 bits per heavy atom. The Morgan fingerprint density at radius 2 is 2.21 bits per heavy atom. The molecule has 3 aromatic rings. The summed E-state index contributed by atoms with van der Waals surface area (Å²) in [4.78, 5) is 12.6. The number of hydrogen-bond acceptors (Lipinski definition) is 6. The van der Waals surface area contributed by atoms with E-state index in [0.717, 1.165) is 20.7 Å². The average Bonchev–Trinajstić information content (AvgIpc) is 3.17. The van der Waals surface area contributed by atoms with Gasteiger partial charge in [0.15, 0.2) is 0 Å². The molecule has 0 fully saturated rings. The van der Waals surface area contributed by atoms with Gasteiger partial charge in [-0.15, -0.1) is 16.4 Å². The third-order valence-corrected chi connectivity index (χ3v) is 4.34. The molecule has 2 aromatic heterocycles. The normalized spacial score (nSPS) is 12.3. The molecular weight excluding hydrogens is 328 g/mol. The van der Waals surface area contributed by atoms with Gasteiger partial charge in [0.1, 0.15) is 18.5 Å². The second-order valence-electron chi connectivity index (χ2n) is 5.57. The molecule has 0 unspecified atom stereocenters. The van der Waals surface area contributed by atoms with Crippen molar-refractivity contribution in [3.05, 3.63) is 57.4 Å². The Morgan fingerprint density at radius 3 is 2.92 bits per heavy atom. The topological polar surface area (TPSA) is 77.5 Å². The molecule has 1 N–H and O–H groups in total. The third kappa shape index (κ3) is 3.74. The maximum absolute atomic E-state index is 11.8. The van der Waals surface area contributed by atoms with Crippen LogP contribution in [0.25, 0.3) is 10.8 Å². The Hall–Kier alpha value is -2.38. The van der Waals surface area contributed by atoms with Gasteiger partial charge in [0.05, 0.1) is 11.4 Å². The Balaban J connectivity index is 1.63. The van der Waals surface area contributed by atoms with Crippen molar-refractivity contribution in [2.75, 3.05) is 6.61 Å². The zero-order chi connectivity index (χ0) is 17.1. The van der Waals surface area contributed by atoms with Gasteiger partial charge in [0.2, 0.25) is 0 Å². The largest absolute Gasteiger partial charge is 0.491 e. The lowest BCUT2D eigenvalue weighted by atomic mass is 10.1. The van der Waals surface area contributed by atoms with Crippen LogP contribution in [0, 0.1) is 13.8 Å². The van der Waals surface area contributed by atoms with E-state index < -0.39 is 11.9 Å². The summed E-state index contributed by atoms with van der Waals surface area (Å²) in [7, 11) is 0. The summed E-state index contributed by atoms with van der Waals surface area (Å²) in [5, 5.41) is 16.1. The van der Waals surface area contributed by atoms with Crippen molar-refractivity contribution in [3.8, 4) is 16.5 Å². The van der Waals surface area contributed by atoms with E-state index in [-0.39, 0.29) is 19.0 Å². The van der Waals surface area contributed by atoms with Crippen LogP contribution in [0.15, 0.2) is 44.9 Å². The maximum Gasteiger partial charge on any atom is 0.437 e. The van der Waals surface area contributed by atoms with Crippen LogP contribution in [0.2, 0.25) is 0 Å². The Kier molecular flexibility index (Phi) is 4.82. The van der Waals surface area contributed by atoms with E-state index in [1.165, 1.54) is 11.3 Å². The number of rotatable bonds is 6. The molecule has 0 amide bonds. The van der Waals surface area contributed by atoms with E-state index in [4.69, 9.17) is 9.15 Å². The minimum absolute atomic E-state index is 0.0125. The fourth-order valence-electron chi connectivity index (χ4n) is 2.32. The van der Waals surface area contributed by atoms with Gasteiger partial charge < -0.3 is 14.3 Å². The lowest BCUT2D eigenvalue weighted by Gasteiger charge is -2.13. The molecule has 1 atom stereocenters. The fraction of sp³-hybridized carbons (Fsp3) is 0.294. The number of thiophene rings is 1. The highest BCUT2D eigenvalue weighted by molar-refractivity contribution is 7.13. The Labute approximate surface area is 142 Å².